The predicted molar refractivity (Wildman–Crippen MR) is 84.4 cm³/mol. The first kappa shape index (κ1) is 14.5. The summed E-state index contributed by atoms with van der Waals surface area (Å²) in [6.45, 7) is 6.68. The number of hydrogen-bond acceptors (Lipinski definition) is 3. The van der Waals surface area contributed by atoms with Crippen molar-refractivity contribution in [2.75, 3.05) is 14.1 Å². The van der Waals surface area contributed by atoms with Gasteiger partial charge in [-0.25, -0.2) is 4.79 Å². The lowest BCUT2D eigenvalue weighted by molar-refractivity contribution is 0.172. The zero-order valence-electron chi connectivity index (χ0n) is 12.6. The number of hydrogen-bond donors (Lipinski definition) is 0. The average molecular weight is 288 g/mol. The molecule has 1 heterocycles. The molecule has 4 nitrogen and oxygen atoms in total. The molecule has 0 N–H and O–H groups in total. The molecule has 20 heavy (non-hydrogen) atoms. The third-order valence-corrected chi connectivity index (χ3v) is 5.03. The van der Waals surface area contributed by atoms with Crippen LogP contribution in [0.4, 0.5) is 4.79 Å². The van der Waals surface area contributed by atoms with Gasteiger partial charge in [-0.1, -0.05) is 25.7 Å². The molecule has 0 aliphatic carbocycles. The number of carbonyl (C=O) groups excluding carboxylic acids is 1. The molecule has 106 valence electrons. The van der Waals surface area contributed by atoms with Crippen molar-refractivity contribution in [2.45, 2.75) is 19.6 Å². The maximum Gasteiger partial charge on any atom is 0.414 e. The number of rotatable bonds is 2. The lowest BCUT2D eigenvalue weighted by Crippen LogP contribution is -2.41. The van der Waals surface area contributed by atoms with Crippen LogP contribution in [0.5, 0.6) is 5.75 Å². The standard InChI is InChI=1S/C15H20N2O2Si/c1-17(2)15(18)19-12-9-8-11-7-6-10-16-13(11)14(12)20(3,4)5/h6-10H,1-5H3. The van der Waals surface area contributed by atoms with Gasteiger partial charge in [0, 0.05) is 30.9 Å². The summed E-state index contributed by atoms with van der Waals surface area (Å²) in [4.78, 5) is 17.7. The second-order valence-corrected chi connectivity index (χ2v) is 11.0. The van der Waals surface area contributed by atoms with Crippen molar-refractivity contribution in [2.24, 2.45) is 0 Å². The summed E-state index contributed by atoms with van der Waals surface area (Å²) in [7, 11) is 1.65. The first-order chi connectivity index (χ1) is 9.30. The first-order valence-electron chi connectivity index (χ1n) is 6.58. The first-order valence-corrected chi connectivity index (χ1v) is 10.1. The molecule has 2 aromatic rings. The molecule has 0 fully saturated rings. The largest absolute Gasteiger partial charge is 0.414 e. The number of benzene rings is 1. The fourth-order valence-corrected chi connectivity index (χ4v) is 3.91. The van der Waals surface area contributed by atoms with E-state index in [1.807, 2.05) is 24.3 Å². The maximum absolute atomic E-state index is 11.8. The van der Waals surface area contributed by atoms with Crippen LogP contribution in [0, 0.1) is 0 Å². The Labute approximate surface area is 120 Å². The van der Waals surface area contributed by atoms with Gasteiger partial charge in [-0.3, -0.25) is 4.98 Å². The smallest absolute Gasteiger partial charge is 0.410 e. The van der Waals surface area contributed by atoms with Crippen LogP contribution in [0.2, 0.25) is 19.6 Å². The summed E-state index contributed by atoms with van der Waals surface area (Å²) >= 11 is 0. The number of ether oxygens (including phenoxy) is 1. The normalized spacial score (nSPS) is 11.4. The van der Waals surface area contributed by atoms with Gasteiger partial charge in [-0.2, -0.15) is 0 Å². The van der Waals surface area contributed by atoms with Gasteiger partial charge in [-0.05, 0) is 18.2 Å². The monoisotopic (exact) mass is 288 g/mol. The Balaban J connectivity index is 2.63. The highest BCUT2D eigenvalue weighted by Gasteiger charge is 2.26. The predicted octanol–water partition coefficient (Wildman–Crippen LogP) is 2.84. The summed E-state index contributed by atoms with van der Waals surface area (Å²) < 4.78 is 5.52. The third kappa shape index (κ3) is 2.82. The molecule has 1 aromatic heterocycles. The Kier molecular flexibility index (Phi) is 3.81. The average Bonchev–Trinajstić information content (AvgIpc) is 2.36. The van der Waals surface area contributed by atoms with E-state index in [0.29, 0.717) is 5.75 Å². The number of carbonyl (C=O) groups is 1. The Bertz CT molecular complexity index is 648. The van der Waals surface area contributed by atoms with E-state index < -0.39 is 8.07 Å². The fourth-order valence-electron chi connectivity index (χ4n) is 2.12. The third-order valence-electron chi connectivity index (χ3n) is 3.05. The minimum Gasteiger partial charge on any atom is -0.410 e. The molecule has 0 atom stereocenters. The van der Waals surface area contributed by atoms with E-state index in [1.54, 1.807) is 20.3 Å². The Morgan fingerprint density at radius 1 is 1.20 bits per heavy atom. The number of nitrogens with zero attached hydrogens (tertiary/aromatic N) is 2. The van der Waals surface area contributed by atoms with Crippen molar-refractivity contribution in [3.63, 3.8) is 0 Å². The maximum atomic E-state index is 11.8. The number of pyridine rings is 1. The molecular formula is C15H20N2O2Si. The van der Waals surface area contributed by atoms with E-state index in [0.717, 1.165) is 16.1 Å². The topological polar surface area (TPSA) is 42.4 Å². The van der Waals surface area contributed by atoms with Gasteiger partial charge >= 0.3 is 6.09 Å². The van der Waals surface area contributed by atoms with Crippen LogP contribution in [-0.4, -0.2) is 38.1 Å². The SMILES string of the molecule is CN(C)C(=O)Oc1ccc2cccnc2c1[Si](C)(C)C. The van der Waals surface area contributed by atoms with E-state index >= 15 is 0 Å². The quantitative estimate of drug-likeness (QED) is 0.798. The van der Waals surface area contributed by atoms with Crippen LogP contribution in [-0.2, 0) is 0 Å². The van der Waals surface area contributed by atoms with Crippen molar-refractivity contribution >= 4 is 30.3 Å². The summed E-state index contributed by atoms with van der Waals surface area (Å²) in [6.07, 6.45) is 1.42. The highest BCUT2D eigenvalue weighted by Crippen LogP contribution is 2.22. The number of aromatic nitrogens is 1. The molecule has 0 unspecified atom stereocenters. The van der Waals surface area contributed by atoms with Gasteiger partial charge in [-0.15, -0.1) is 0 Å². The second-order valence-electron chi connectivity index (χ2n) is 6.03. The van der Waals surface area contributed by atoms with Crippen LogP contribution in [0.1, 0.15) is 0 Å². The fraction of sp³-hybridized carbons (Fsp3) is 0.333. The van der Waals surface area contributed by atoms with Gasteiger partial charge in [0.05, 0.1) is 13.6 Å². The minimum atomic E-state index is -1.70. The molecule has 2 rings (SSSR count). The van der Waals surface area contributed by atoms with Gasteiger partial charge in [0.2, 0.25) is 0 Å². The Morgan fingerprint density at radius 2 is 1.90 bits per heavy atom. The van der Waals surface area contributed by atoms with Crippen molar-refractivity contribution in [3.05, 3.63) is 30.5 Å². The Morgan fingerprint density at radius 3 is 2.50 bits per heavy atom. The highest BCUT2D eigenvalue weighted by molar-refractivity contribution is 6.91. The van der Waals surface area contributed by atoms with Crippen LogP contribution < -0.4 is 9.92 Å². The van der Waals surface area contributed by atoms with Gasteiger partial charge in [0.1, 0.15) is 5.75 Å². The van der Waals surface area contributed by atoms with Crippen LogP contribution in [0.3, 0.4) is 0 Å². The zero-order chi connectivity index (χ0) is 14.9. The van der Waals surface area contributed by atoms with Crippen molar-refractivity contribution in [3.8, 4) is 5.75 Å². The summed E-state index contributed by atoms with van der Waals surface area (Å²) in [5, 5.41) is 2.17. The molecule has 0 saturated carbocycles. The van der Waals surface area contributed by atoms with E-state index in [2.05, 4.69) is 24.6 Å². The second kappa shape index (κ2) is 5.24. The zero-order valence-corrected chi connectivity index (χ0v) is 13.6. The number of amides is 1. The van der Waals surface area contributed by atoms with Crippen LogP contribution in [0.15, 0.2) is 30.5 Å². The molecule has 0 saturated heterocycles. The van der Waals surface area contributed by atoms with E-state index in [9.17, 15) is 4.79 Å². The van der Waals surface area contributed by atoms with Gasteiger partial charge in [0.25, 0.3) is 0 Å². The molecule has 1 amide bonds. The van der Waals surface area contributed by atoms with E-state index in [1.165, 1.54) is 4.90 Å². The lowest BCUT2D eigenvalue weighted by Gasteiger charge is -2.22. The molecule has 0 spiro atoms. The molecule has 1 aromatic carbocycles. The summed E-state index contributed by atoms with van der Waals surface area (Å²) in [5.41, 5.74) is 0.940. The summed E-state index contributed by atoms with van der Waals surface area (Å²) in [6, 6.07) is 7.77. The lowest BCUT2D eigenvalue weighted by atomic mass is 10.2. The summed E-state index contributed by atoms with van der Waals surface area (Å²) in [5.74, 6) is 0.633. The molecule has 5 heteroatoms. The molecule has 0 aliphatic heterocycles. The Hall–Kier alpha value is -1.88. The van der Waals surface area contributed by atoms with Crippen molar-refractivity contribution in [1.29, 1.82) is 0 Å². The highest BCUT2D eigenvalue weighted by atomic mass is 28.3. The molecule has 0 aliphatic rings. The van der Waals surface area contributed by atoms with Gasteiger partial charge < -0.3 is 9.64 Å². The molecule has 0 radical (unpaired) electrons. The molecule has 0 bridgehead atoms. The van der Waals surface area contributed by atoms with Crippen molar-refractivity contribution < 1.29 is 9.53 Å². The number of fused-ring (bicyclic) bond motifs is 1. The van der Waals surface area contributed by atoms with Crippen molar-refractivity contribution in [1.82, 2.24) is 9.88 Å². The van der Waals surface area contributed by atoms with Gasteiger partial charge in [0.15, 0.2) is 0 Å². The molecular weight excluding hydrogens is 268 g/mol. The van der Waals surface area contributed by atoms with Crippen LogP contribution in [0.25, 0.3) is 10.9 Å². The van der Waals surface area contributed by atoms with Crippen LogP contribution >= 0.6 is 0 Å². The van der Waals surface area contributed by atoms with E-state index in [4.69, 9.17) is 4.74 Å². The van der Waals surface area contributed by atoms with E-state index in [-0.39, 0.29) is 6.09 Å². The minimum absolute atomic E-state index is 0.361.